The van der Waals surface area contributed by atoms with E-state index in [1.165, 1.54) is 5.56 Å². The third kappa shape index (κ3) is 1.40. The molecule has 0 aliphatic carbocycles. The number of hydrogen-bond donors (Lipinski definition) is 3. The largest absolute Gasteiger partial charge is 0.387 e. The van der Waals surface area contributed by atoms with Crippen LogP contribution < -0.4 is 5.32 Å². The van der Waals surface area contributed by atoms with Gasteiger partial charge in [0.25, 0.3) is 0 Å². The number of hydrogen-bond acceptors (Lipinski definition) is 3. The molecule has 0 saturated heterocycles. The normalized spacial score (nSPS) is 11.1. The van der Waals surface area contributed by atoms with Gasteiger partial charge in [0.05, 0.1) is 11.9 Å². The van der Waals surface area contributed by atoms with Gasteiger partial charge in [0.2, 0.25) is 0 Å². The summed E-state index contributed by atoms with van der Waals surface area (Å²) in [4.78, 5) is 7.65. The molecule has 0 aliphatic heterocycles. The second-order valence-electron chi connectivity index (χ2n) is 4.40. The van der Waals surface area contributed by atoms with Crippen molar-refractivity contribution in [3.8, 4) is 11.1 Å². The molecule has 0 aliphatic rings. The minimum atomic E-state index is 0.904. The number of rotatable bonds is 2. The molecule has 0 spiro atoms. The van der Waals surface area contributed by atoms with E-state index in [9.17, 15) is 0 Å². The van der Waals surface area contributed by atoms with Crippen LogP contribution in [0.25, 0.3) is 22.2 Å². The summed E-state index contributed by atoms with van der Waals surface area (Å²) in [5, 5.41) is 11.5. The summed E-state index contributed by atoms with van der Waals surface area (Å²) in [6.07, 6.45) is 5.69. The minimum Gasteiger partial charge on any atom is -0.387 e. The highest BCUT2D eigenvalue weighted by Gasteiger charge is 2.14. The monoisotopic (exact) mass is 241 g/mol. The van der Waals surface area contributed by atoms with Crippen molar-refractivity contribution in [1.29, 1.82) is 0 Å². The molecule has 3 heterocycles. The van der Waals surface area contributed by atoms with Gasteiger partial charge in [-0.2, -0.15) is 5.10 Å². The second-order valence-corrected chi connectivity index (χ2v) is 4.40. The molecule has 0 radical (unpaired) electrons. The van der Waals surface area contributed by atoms with Gasteiger partial charge in [0, 0.05) is 41.6 Å². The van der Waals surface area contributed by atoms with Crippen molar-refractivity contribution in [3.63, 3.8) is 0 Å². The smallest absolute Gasteiger partial charge is 0.139 e. The van der Waals surface area contributed by atoms with E-state index >= 15 is 0 Å². The fourth-order valence-corrected chi connectivity index (χ4v) is 2.34. The summed E-state index contributed by atoms with van der Waals surface area (Å²) in [5.41, 5.74) is 6.36. The van der Waals surface area contributed by atoms with Gasteiger partial charge >= 0.3 is 0 Å². The summed E-state index contributed by atoms with van der Waals surface area (Å²) < 4.78 is 0. The maximum atomic E-state index is 4.47. The summed E-state index contributed by atoms with van der Waals surface area (Å²) >= 11 is 0. The fraction of sp³-hybridized carbons (Fsp3) is 0.231. The number of aryl methyl sites for hydroxylation is 2. The maximum absolute atomic E-state index is 4.47. The molecule has 3 N–H and O–H groups in total. The Kier molecular flexibility index (Phi) is 2.33. The number of aromatic nitrogens is 4. The fourth-order valence-electron chi connectivity index (χ4n) is 2.34. The average Bonchev–Trinajstić information content (AvgIpc) is 2.95. The summed E-state index contributed by atoms with van der Waals surface area (Å²) in [6.45, 7) is 4.09. The average molecular weight is 241 g/mol. The number of anilines is 1. The van der Waals surface area contributed by atoms with E-state index in [-0.39, 0.29) is 0 Å². The van der Waals surface area contributed by atoms with Crippen LogP contribution >= 0.6 is 0 Å². The van der Waals surface area contributed by atoms with Crippen molar-refractivity contribution in [2.45, 2.75) is 13.8 Å². The van der Waals surface area contributed by atoms with Crippen LogP contribution in [-0.4, -0.2) is 27.2 Å². The predicted octanol–water partition coefficient (Wildman–Crippen LogP) is 2.61. The first-order valence-corrected chi connectivity index (χ1v) is 5.87. The minimum absolute atomic E-state index is 0.904. The van der Waals surface area contributed by atoms with Crippen molar-refractivity contribution in [2.24, 2.45) is 0 Å². The first kappa shape index (κ1) is 10.8. The Morgan fingerprint density at radius 1 is 1.17 bits per heavy atom. The van der Waals surface area contributed by atoms with E-state index < -0.39 is 0 Å². The quantitative estimate of drug-likeness (QED) is 0.646. The number of H-pyrrole nitrogens is 2. The van der Waals surface area contributed by atoms with E-state index in [0.29, 0.717) is 0 Å². The van der Waals surface area contributed by atoms with Gasteiger partial charge in [-0.3, -0.25) is 5.10 Å². The molecule has 0 fully saturated rings. The molecule has 0 aromatic carbocycles. The Morgan fingerprint density at radius 3 is 2.67 bits per heavy atom. The van der Waals surface area contributed by atoms with Crippen LogP contribution in [0.3, 0.4) is 0 Å². The zero-order valence-electron chi connectivity index (χ0n) is 10.6. The van der Waals surface area contributed by atoms with E-state index in [1.807, 2.05) is 32.6 Å². The van der Waals surface area contributed by atoms with Crippen LogP contribution in [0.2, 0.25) is 0 Å². The lowest BCUT2D eigenvalue weighted by Crippen LogP contribution is -1.95. The van der Waals surface area contributed by atoms with Crippen LogP contribution in [-0.2, 0) is 0 Å². The molecule has 5 heteroatoms. The van der Waals surface area contributed by atoms with Gasteiger partial charge in [-0.15, -0.1) is 0 Å². The van der Waals surface area contributed by atoms with E-state index in [2.05, 4.69) is 32.4 Å². The Balaban J connectivity index is 2.36. The number of aromatic amines is 2. The van der Waals surface area contributed by atoms with Crippen LogP contribution in [0.5, 0.6) is 0 Å². The maximum Gasteiger partial charge on any atom is 0.139 e. The van der Waals surface area contributed by atoms with Crippen molar-refractivity contribution >= 4 is 16.7 Å². The van der Waals surface area contributed by atoms with Crippen LogP contribution in [0.15, 0.2) is 18.6 Å². The molecule has 0 saturated carbocycles. The van der Waals surface area contributed by atoms with E-state index in [0.717, 1.165) is 33.5 Å². The summed E-state index contributed by atoms with van der Waals surface area (Å²) in [5.74, 6) is 0. The van der Waals surface area contributed by atoms with Gasteiger partial charge in [-0.05, 0) is 19.4 Å². The second kappa shape index (κ2) is 3.87. The van der Waals surface area contributed by atoms with Gasteiger partial charge < -0.3 is 10.3 Å². The molecular weight excluding hydrogens is 226 g/mol. The van der Waals surface area contributed by atoms with Gasteiger partial charge in [0.15, 0.2) is 0 Å². The molecule has 3 aromatic rings. The SMILES string of the molecule is CNc1c(-c2cn[nH]c2C)cnc2[nH]cc(C)c12. The lowest BCUT2D eigenvalue weighted by Gasteiger charge is -2.10. The van der Waals surface area contributed by atoms with Crippen LogP contribution in [0.1, 0.15) is 11.3 Å². The Labute approximate surface area is 105 Å². The van der Waals surface area contributed by atoms with Crippen LogP contribution in [0, 0.1) is 13.8 Å². The first-order chi connectivity index (χ1) is 8.72. The first-order valence-electron chi connectivity index (χ1n) is 5.87. The summed E-state index contributed by atoms with van der Waals surface area (Å²) in [6, 6.07) is 0. The number of pyridine rings is 1. The third-order valence-corrected chi connectivity index (χ3v) is 3.27. The topological polar surface area (TPSA) is 69.4 Å². The molecule has 0 atom stereocenters. The molecule has 0 unspecified atom stereocenters. The van der Waals surface area contributed by atoms with Crippen molar-refractivity contribution in [3.05, 3.63) is 29.8 Å². The predicted molar refractivity (Wildman–Crippen MR) is 72.7 cm³/mol. The Bertz CT molecular complexity index is 707. The number of nitrogens with one attached hydrogen (secondary N) is 3. The molecule has 5 nitrogen and oxygen atoms in total. The molecule has 92 valence electrons. The lowest BCUT2D eigenvalue weighted by molar-refractivity contribution is 1.05. The Hall–Kier alpha value is -2.30. The molecule has 0 bridgehead atoms. The lowest BCUT2D eigenvalue weighted by atomic mass is 10.0. The van der Waals surface area contributed by atoms with Gasteiger partial charge in [0.1, 0.15) is 5.65 Å². The van der Waals surface area contributed by atoms with Crippen molar-refractivity contribution < 1.29 is 0 Å². The standard InChI is InChI=1S/C13H15N5/c1-7-4-15-13-11(7)12(14-3)10(5-16-13)9-6-17-18-8(9)2/h4-6H,1-3H3,(H,17,18)(H2,14,15,16). The third-order valence-electron chi connectivity index (χ3n) is 3.27. The molecule has 0 amide bonds. The molecule has 3 aromatic heterocycles. The molecule has 3 rings (SSSR count). The molecular formula is C13H15N5. The van der Waals surface area contributed by atoms with E-state index in [4.69, 9.17) is 0 Å². The van der Waals surface area contributed by atoms with Gasteiger partial charge in [-0.25, -0.2) is 4.98 Å². The number of nitrogens with zero attached hydrogens (tertiary/aromatic N) is 2. The summed E-state index contributed by atoms with van der Waals surface area (Å²) in [7, 11) is 1.93. The highest BCUT2D eigenvalue weighted by Crippen LogP contribution is 2.35. The molecule has 18 heavy (non-hydrogen) atoms. The Morgan fingerprint density at radius 2 is 2.00 bits per heavy atom. The van der Waals surface area contributed by atoms with Crippen molar-refractivity contribution in [1.82, 2.24) is 20.2 Å². The van der Waals surface area contributed by atoms with Gasteiger partial charge in [-0.1, -0.05) is 0 Å². The number of fused-ring (bicyclic) bond motifs is 1. The highest BCUT2D eigenvalue weighted by atomic mass is 15.1. The highest BCUT2D eigenvalue weighted by molar-refractivity contribution is 6.00. The van der Waals surface area contributed by atoms with E-state index in [1.54, 1.807) is 0 Å². The zero-order chi connectivity index (χ0) is 12.7. The van der Waals surface area contributed by atoms with Crippen LogP contribution in [0.4, 0.5) is 5.69 Å². The zero-order valence-corrected chi connectivity index (χ0v) is 10.6. The van der Waals surface area contributed by atoms with Crippen molar-refractivity contribution in [2.75, 3.05) is 12.4 Å².